The highest BCUT2D eigenvalue weighted by molar-refractivity contribution is 6.30. The van der Waals surface area contributed by atoms with E-state index in [4.69, 9.17) is 20.8 Å². The summed E-state index contributed by atoms with van der Waals surface area (Å²) in [5.41, 5.74) is 0.875. The van der Waals surface area contributed by atoms with Gasteiger partial charge in [-0.15, -0.1) is 0 Å². The number of aromatic nitrogens is 1. The van der Waals surface area contributed by atoms with Gasteiger partial charge in [-0.05, 0) is 24.3 Å². The van der Waals surface area contributed by atoms with Gasteiger partial charge in [-0.1, -0.05) is 11.6 Å². The van der Waals surface area contributed by atoms with Gasteiger partial charge in [0.1, 0.15) is 0 Å². The number of aliphatic hydroxyl groups excluding tert-OH is 1. The molecule has 7 heteroatoms. The molecule has 23 heavy (non-hydrogen) atoms. The van der Waals surface area contributed by atoms with Crippen LogP contribution in [0.4, 0.5) is 0 Å². The number of carbonyl (C=O) groups is 1. The number of halogens is 1. The highest BCUT2D eigenvalue weighted by Gasteiger charge is 2.10. The number of hydrogen-bond donors (Lipinski definition) is 2. The number of nitrogens with one attached hydrogen (secondary N) is 1. The van der Waals surface area contributed by atoms with Crippen LogP contribution in [0.25, 0.3) is 11.3 Å². The van der Waals surface area contributed by atoms with Gasteiger partial charge in [0.25, 0.3) is 0 Å². The fourth-order valence-electron chi connectivity index (χ4n) is 1.97. The SMILES string of the molecule is COCC(O)CNC(=O)CCc1ncc(-c2ccc(Cl)cc2)o1. The largest absolute Gasteiger partial charge is 0.441 e. The normalized spacial score (nSPS) is 12.1. The van der Waals surface area contributed by atoms with Gasteiger partial charge in [-0.25, -0.2) is 4.98 Å². The van der Waals surface area contributed by atoms with Crippen LogP contribution in [0, 0.1) is 0 Å². The molecule has 1 unspecified atom stereocenters. The molecule has 2 rings (SSSR count). The van der Waals surface area contributed by atoms with Crippen molar-refractivity contribution in [2.24, 2.45) is 0 Å². The van der Waals surface area contributed by atoms with E-state index in [1.165, 1.54) is 7.11 Å². The number of benzene rings is 1. The molecule has 1 amide bonds. The third-order valence-electron chi connectivity index (χ3n) is 3.14. The van der Waals surface area contributed by atoms with E-state index in [1.807, 2.05) is 12.1 Å². The van der Waals surface area contributed by atoms with Crippen LogP contribution in [-0.2, 0) is 16.0 Å². The summed E-state index contributed by atoms with van der Waals surface area (Å²) in [5, 5.41) is 12.7. The minimum absolute atomic E-state index is 0.161. The topological polar surface area (TPSA) is 84.6 Å². The first-order valence-electron chi connectivity index (χ1n) is 7.23. The Bertz CT molecular complexity index is 627. The second-order valence-corrected chi connectivity index (χ2v) is 5.47. The molecule has 0 aliphatic heterocycles. The lowest BCUT2D eigenvalue weighted by Gasteiger charge is -2.10. The smallest absolute Gasteiger partial charge is 0.220 e. The van der Waals surface area contributed by atoms with Crippen LogP contribution >= 0.6 is 11.6 Å². The summed E-state index contributed by atoms with van der Waals surface area (Å²) in [6.45, 7) is 0.346. The first-order valence-corrected chi connectivity index (χ1v) is 7.60. The van der Waals surface area contributed by atoms with Crippen LogP contribution in [0.2, 0.25) is 5.02 Å². The van der Waals surface area contributed by atoms with Crippen molar-refractivity contribution in [3.8, 4) is 11.3 Å². The van der Waals surface area contributed by atoms with Gasteiger partial charge >= 0.3 is 0 Å². The second-order valence-electron chi connectivity index (χ2n) is 5.04. The zero-order chi connectivity index (χ0) is 16.7. The summed E-state index contributed by atoms with van der Waals surface area (Å²) in [5.74, 6) is 0.946. The van der Waals surface area contributed by atoms with E-state index in [2.05, 4.69) is 10.3 Å². The molecular formula is C16H19ClN2O4. The molecule has 6 nitrogen and oxygen atoms in total. The third kappa shape index (κ3) is 5.67. The minimum atomic E-state index is -0.706. The van der Waals surface area contributed by atoms with Crippen LogP contribution in [0.5, 0.6) is 0 Å². The predicted molar refractivity (Wildman–Crippen MR) is 86.2 cm³/mol. The number of nitrogens with zero attached hydrogens (tertiary/aromatic N) is 1. The van der Waals surface area contributed by atoms with Crippen molar-refractivity contribution >= 4 is 17.5 Å². The van der Waals surface area contributed by atoms with Crippen molar-refractivity contribution in [1.29, 1.82) is 0 Å². The maximum Gasteiger partial charge on any atom is 0.220 e. The van der Waals surface area contributed by atoms with Gasteiger partial charge < -0.3 is 19.6 Å². The summed E-state index contributed by atoms with van der Waals surface area (Å²) >= 11 is 5.84. The molecule has 124 valence electrons. The predicted octanol–water partition coefficient (Wildman–Crippen LogP) is 2.05. The van der Waals surface area contributed by atoms with E-state index in [1.54, 1.807) is 18.3 Å². The molecule has 0 saturated carbocycles. The lowest BCUT2D eigenvalue weighted by Crippen LogP contribution is -2.34. The third-order valence-corrected chi connectivity index (χ3v) is 3.39. The minimum Gasteiger partial charge on any atom is -0.441 e. The Kier molecular flexibility index (Phi) is 6.58. The van der Waals surface area contributed by atoms with Crippen LogP contribution in [0.3, 0.4) is 0 Å². The molecule has 0 saturated heterocycles. The molecule has 0 aliphatic rings. The molecule has 2 aromatic rings. The highest BCUT2D eigenvalue weighted by atomic mass is 35.5. The van der Waals surface area contributed by atoms with Crippen LogP contribution < -0.4 is 5.32 Å². The molecule has 0 spiro atoms. The summed E-state index contributed by atoms with van der Waals surface area (Å²) in [6, 6.07) is 7.24. The monoisotopic (exact) mass is 338 g/mol. The molecule has 0 bridgehead atoms. The lowest BCUT2D eigenvalue weighted by atomic mass is 10.2. The van der Waals surface area contributed by atoms with Crippen molar-refractivity contribution in [1.82, 2.24) is 10.3 Å². The molecule has 0 aliphatic carbocycles. The van der Waals surface area contributed by atoms with Crippen LogP contribution in [0.15, 0.2) is 34.9 Å². The number of carbonyl (C=O) groups excluding carboxylic acids is 1. The number of methoxy groups -OCH3 is 1. The maximum absolute atomic E-state index is 11.7. The summed E-state index contributed by atoms with van der Waals surface area (Å²) in [7, 11) is 1.49. The molecule has 1 atom stereocenters. The number of ether oxygens (including phenoxy) is 1. The van der Waals surface area contributed by atoms with E-state index in [0.29, 0.717) is 23.1 Å². The van der Waals surface area contributed by atoms with E-state index in [0.717, 1.165) is 5.56 Å². The van der Waals surface area contributed by atoms with E-state index < -0.39 is 6.10 Å². The van der Waals surface area contributed by atoms with Gasteiger partial charge in [0.05, 0.1) is 18.9 Å². The Labute approximate surface area is 139 Å². The summed E-state index contributed by atoms with van der Waals surface area (Å²) in [4.78, 5) is 15.9. The molecule has 1 aromatic heterocycles. The first kappa shape index (κ1) is 17.5. The Morgan fingerprint density at radius 2 is 2.17 bits per heavy atom. The highest BCUT2D eigenvalue weighted by Crippen LogP contribution is 2.22. The number of amides is 1. The molecule has 0 radical (unpaired) electrons. The Hall–Kier alpha value is -1.89. The summed E-state index contributed by atoms with van der Waals surface area (Å²) < 4.78 is 10.4. The fourth-order valence-corrected chi connectivity index (χ4v) is 2.09. The molecule has 2 N–H and O–H groups in total. The zero-order valence-electron chi connectivity index (χ0n) is 12.8. The van der Waals surface area contributed by atoms with Crippen molar-refractivity contribution < 1.29 is 19.1 Å². The lowest BCUT2D eigenvalue weighted by molar-refractivity contribution is -0.121. The number of aryl methyl sites for hydroxylation is 1. The number of aliphatic hydroxyl groups is 1. The standard InChI is InChI=1S/C16H19ClN2O4/c1-22-10-13(20)8-18-15(21)6-7-16-19-9-14(23-16)11-2-4-12(17)5-3-11/h2-5,9,13,20H,6-8,10H2,1H3,(H,18,21). The van der Waals surface area contributed by atoms with Gasteiger partial charge in [-0.3, -0.25) is 4.79 Å². The fraction of sp³-hybridized carbons (Fsp3) is 0.375. The molecular weight excluding hydrogens is 320 g/mol. The Balaban J connectivity index is 1.80. The van der Waals surface area contributed by atoms with Crippen LogP contribution in [-0.4, -0.2) is 42.4 Å². The number of hydrogen-bond acceptors (Lipinski definition) is 5. The van der Waals surface area contributed by atoms with Gasteiger partial charge in [0.15, 0.2) is 11.7 Å². The van der Waals surface area contributed by atoms with E-state index >= 15 is 0 Å². The molecule has 1 heterocycles. The van der Waals surface area contributed by atoms with Crippen molar-refractivity contribution in [3.05, 3.63) is 41.4 Å². The van der Waals surface area contributed by atoms with Gasteiger partial charge in [-0.2, -0.15) is 0 Å². The zero-order valence-corrected chi connectivity index (χ0v) is 13.5. The van der Waals surface area contributed by atoms with E-state index in [9.17, 15) is 9.90 Å². The average Bonchev–Trinajstić information content (AvgIpc) is 3.01. The number of oxazole rings is 1. The maximum atomic E-state index is 11.7. The van der Waals surface area contributed by atoms with Crippen molar-refractivity contribution in [2.45, 2.75) is 18.9 Å². The Morgan fingerprint density at radius 1 is 1.43 bits per heavy atom. The Morgan fingerprint density at radius 3 is 2.87 bits per heavy atom. The molecule has 1 aromatic carbocycles. The van der Waals surface area contributed by atoms with Gasteiger partial charge in [0, 0.05) is 37.1 Å². The van der Waals surface area contributed by atoms with Crippen molar-refractivity contribution in [2.75, 3.05) is 20.3 Å². The first-order chi connectivity index (χ1) is 11.1. The quantitative estimate of drug-likeness (QED) is 0.769. The number of rotatable bonds is 8. The van der Waals surface area contributed by atoms with Crippen LogP contribution in [0.1, 0.15) is 12.3 Å². The van der Waals surface area contributed by atoms with Gasteiger partial charge in [0.2, 0.25) is 5.91 Å². The average molecular weight is 339 g/mol. The summed E-state index contributed by atoms with van der Waals surface area (Å²) in [6.07, 6.45) is 1.54. The van der Waals surface area contributed by atoms with Crippen molar-refractivity contribution in [3.63, 3.8) is 0 Å². The second kappa shape index (κ2) is 8.67. The molecule has 0 fully saturated rings. The van der Waals surface area contributed by atoms with E-state index in [-0.39, 0.29) is 25.5 Å².